The van der Waals surface area contributed by atoms with Gasteiger partial charge in [-0.25, -0.2) is 4.99 Å². The zero-order valence-corrected chi connectivity index (χ0v) is 17.1. The molecule has 0 amide bonds. The van der Waals surface area contributed by atoms with Gasteiger partial charge in [0.15, 0.2) is 0 Å². The van der Waals surface area contributed by atoms with Gasteiger partial charge in [0.1, 0.15) is 5.84 Å². The molecule has 154 valence electrons. The van der Waals surface area contributed by atoms with Crippen LogP contribution in [-0.2, 0) is 12.7 Å². The van der Waals surface area contributed by atoms with Crippen LogP contribution < -0.4 is 10.6 Å². The lowest BCUT2D eigenvalue weighted by Gasteiger charge is -2.42. The van der Waals surface area contributed by atoms with Crippen LogP contribution in [0.3, 0.4) is 0 Å². The maximum Gasteiger partial charge on any atom is 0.416 e. The van der Waals surface area contributed by atoms with E-state index in [1.807, 2.05) is 0 Å². The van der Waals surface area contributed by atoms with Crippen LogP contribution in [0.15, 0.2) is 41.4 Å². The van der Waals surface area contributed by atoms with Crippen molar-refractivity contribution in [1.82, 2.24) is 5.32 Å². The van der Waals surface area contributed by atoms with Crippen molar-refractivity contribution in [2.45, 2.75) is 50.4 Å². The lowest BCUT2D eigenvalue weighted by atomic mass is 9.79. The summed E-state index contributed by atoms with van der Waals surface area (Å²) in [7, 11) is 0. The predicted octanol–water partition coefficient (Wildman–Crippen LogP) is 6.96. The molecule has 2 aromatic carbocycles. The molecule has 0 saturated heterocycles. The lowest BCUT2D eigenvalue weighted by molar-refractivity contribution is -0.137. The summed E-state index contributed by atoms with van der Waals surface area (Å²) in [6.45, 7) is 0.253. The van der Waals surface area contributed by atoms with Gasteiger partial charge in [-0.3, -0.25) is 0 Å². The molecule has 1 aliphatic heterocycles. The molecule has 1 fully saturated rings. The minimum absolute atomic E-state index is 0.253. The summed E-state index contributed by atoms with van der Waals surface area (Å²) < 4.78 is 39.0. The Balaban J connectivity index is 1.64. The third kappa shape index (κ3) is 4.19. The van der Waals surface area contributed by atoms with E-state index in [1.54, 1.807) is 18.2 Å². The number of fused-ring (bicyclic) bond motifs is 1. The summed E-state index contributed by atoms with van der Waals surface area (Å²) in [5.41, 5.74) is 1.02. The first kappa shape index (κ1) is 20.4. The highest BCUT2D eigenvalue weighted by Gasteiger charge is 2.40. The summed E-state index contributed by atoms with van der Waals surface area (Å²) in [5.74, 6) is 0.737. The van der Waals surface area contributed by atoms with Crippen LogP contribution in [0, 0.1) is 0 Å². The van der Waals surface area contributed by atoms with Crippen molar-refractivity contribution >= 4 is 40.4 Å². The van der Waals surface area contributed by atoms with Crippen LogP contribution in [-0.4, -0.2) is 11.4 Å². The highest BCUT2D eigenvalue weighted by Crippen LogP contribution is 2.43. The van der Waals surface area contributed by atoms with E-state index in [-0.39, 0.29) is 12.1 Å². The Labute approximate surface area is 177 Å². The van der Waals surface area contributed by atoms with Crippen LogP contribution in [0.4, 0.5) is 24.5 Å². The van der Waals surface area contributed by atoms with E-state index in [1.165, 1.54) is 12.1 Å². The van der Waals surface area contributed by atoms with Crippen molar-refractivity contribution in [3.63, 3.8) is 0 Å². The molecule has 2 N–H and O–H groups in total. The largest absolute Gasteiger partial charge is 0.416 e. The zero-order chi connectivity index (χ0) is 20.6. The molecule has 0 unspecified atom stereocenters. The molecule has 0 atom stereocenters. The van der Waals surface area contributed by atoms with Gasteiger partial charge in [-0.2, -0.15) is 13.2 Å². The molecule has 0 radical (unpaired) electrons. The Hall–Kier alpha value is -1.92. The molecule has 1 heterocycles. The molecule has 4 rings (SSSR count). The van der Waals surface area contributed by atoms with Gasteiger partial charge in [-0.1, -0.05) is 54.6 Å². The van der Waals surface area contributed by atoms with Crippen LogP contribution >= 0.6 is 23.2 Å². The fourth-order valence-electron chi connectivity index (χ4n) is 4.04. The number of nitrogens with one attached hydrogen (secondary N) is 2. The molecule has 2 aliphatic rings. The van der Waals surface area contributed by atoms with Gasteiger partial charge in [-0.05, 0) is 42.7 Å². The molecule has 1 saturated carbocycles. The highest BCUT2D eigenvalue weighted by molar-refractivity contribution is 6.42. The van der Waals surface area contributed by atoms with Crippen LogP contribution in [0.5, 0.6) is 0 Å². The Morgan fingerprint density at radius 2 is 1.76 bits per heavy atom. The predicted molar refractivity (Wildman–Crippen MR) is 111 cm³/mol. The molecule has 1 aliphatic carbocycles. The SMILES string of the molecule is FC(F)(F)c1cccc(CNC2=Nc3cc(Cl)c(Cl)cc3NC23CCCCC3)c1. The number of aliphatic imine (C=N–C) groups is 1. The summed E-state index contributed by atoms with van der Waals surface area (Å²) in [6.07, 6.45) is 0.669. The third-order valence-corrected chi connectivity index (χ3v) is 6.24. The number of alkyl halides is 3. The minimum Gasteiger partial charge on any atom is -0.371 e. The van der Waals surface area contributed by atoms with Gasteiger partial charge in [0, 0.05) is 6.54 Å². The number of anilines is 1. The number of halogens is 5. The molecule has 3 nitrogen and oxygen atoms in total. The van der Waals surface area contributed by atoms with Crippen LogP contribution in [0.25, 0.3) is 0 Å². The van der Waals surface area contributed by atoms with E-state index in [0.717, 1.165) is 49.7 Å². The number of nitrogens with zero attached hydrogens (tertiary/aromatic N) is 1. The molecular weight excluding hydrogens is 422 g/mol. The van der Waals surface area contributed by atoms with Crippen molar-refractivity contribution in [2.24, 2.45) is 4.99 Å². The standard InChI is InChI=1S/C21H20Cl2F3N3/c22-15-10-17-18(11-16(15)23)29-20(7-2-1-3-8-20)19(28-17)27-12-13-5-4-6-14(9-13)21(24,25)26/h4-6,9-11,29H,1-3,7-8,12H2,(H,27,28). The normalized spacial score (nSPS) is 18.0. The topological polar surface area (TPSA) is 36.4 Å². The van der Waals surface area contributed by atoms with Crippen LogP contribution in [0.2, 0.25) is 10.0 Å². The van der Waals surface area contributed by atoms with E-state index < -0.39 is 11.7 Å². The lowest BCUT2D eigenvalue weighted by Crippen LogP contribution is -2.54. The average molecular weight is 442 g/mol. The van der Waals surface area contributed by atoms with Crippen molar-refractivity contribution in [3.8, 4) is 0 Å². The van der Waals surface area contributed by atoms with Crippen molar-refractivity contribution in [2.75, 3.05) is 5.32 Å². The summed E-state index contributed by atoms with van der Waals surface area (Å²) in [5, 5.41) is 7.75. The number of hydrogen-bond donors (Lipinski definition) is 2. The first-order chi connectivity index (χ1) is 13.8. The number of hydrogen-bond acceptors (Lipinski definition) is 3. The summed E-state index contributed by atoms with van der Waals surface area (Å²) in [6, 6.07) is 8.83. The number of rotatable bonds is 2. The second kappa shape index (κ2) is 7.73. The summed E-state index contributed by atoms with van der Waals surface area (Å²) in [4.78, 5) is 4.79. The van der Waals surface area contributed by atoms with E-state index >= 15 is 0 Å². The second-order valence-electron chi connectivity index (χ2n) is 7.56. The van der Waals surface area contributed by atoms with Gasteiger partial charge in [0.2, 0.25) is 0 Å². The third-order valence-electron chi connectivity index (χ3n) is 5.52. The van der Waals surface area contributed by atoms with Gasteiger partial charge in [0.05, 0.1) is 32.5 Å². The van der Waals surface area contributed by atoms with Crippen LogP contribution in [0.1, 0.15) is 43.2 Å². The Kier molecular flexibility index (Phi) is 5.42. The van der Waals surface area contributed by atoms with E-state index in [0.29, 0.717) is 21.3 Å². The van der Waals surface area contributed by atoms with E-state index in [4.69, 9.17) is 28.2 Å². The molecule has 0 aromatic heterocycles. The number of benzene rings is 2. The minimum atomic E-state index is -4.36. The first-order valence-corrected chi connectivity index (χ1v) is 10.3. The zero-order valence-electron chi connectivity index (χ0n) is 15.5. The second-order valence-corrected chi connectivity index (χ2v) is 8.38. The van der Waals surface area contributed by atoms with Gasteiger partial charge in [-0.15, -0.1) is 0 Å². The van der Waals surface area contributed by atoms with Gasteiger partial charge in [0.25, 0.3) is 0 Å². The molecule has 2 aromatic rings. The van der Waals surface area contributed by atoms with E-state index in [2.05, 4.69) is 10.6 Å². The summed E-state index contributed by atoms with van der Waals surface area (Å²) >= 11 is 12.3. The Morgan fingerprint density at radius 1 is 1.03 bits per heavy atom. The molecule has 1 spiro atoms. The highest BCUT2D eigenvalue weighted by atomic mass is 35.5. The average Bonchev–Trinajstić information content (AvgIpc) is 2.68. The Bertz CT molecular complexity index is 951. The number of amidine groups is 1. The van der Waals surface area contributed by atoms with Gasteiger partial charge < -0.3 is 10.6 Å². The molecular formula is C21H20Cl2F3N3. The first-order valence-electron chi connectivity index (χ1n) is 9.53. The fraction of sp³-hybridized carbons (Fsp3) is 0.381. The Morgan fingerprint density at radius 3 is 2.48 bits per heavy atom. The van der Waals surface area contributed by atoms with E-state index in [9.17, 15) is 13.2 Å². The quantitative estimate of drug-likeness (QED) is 0.528. The fourth-order valence-corrected chi connectivity index (χ4v) is 4.36. The molecule has 8 heteroatoms. The van der Waals surface area contributed by atoms with Crippen molar-refractivity contribution in [3.05, 3.63) is 57.6 Å². The molecule has 0 bridgehead atoms. The van der Waals surface area contributed by atoms with Gasteiger partial charge >= 0.3 is 6.18 Å². The smallest absolute Gasteiger partial charge is 0.371 e. The monoisotopic (exact) mass is 441 g/mol. The molecule has 29 heavy (non-hydrogen) atoms. The maximum atomic E-state index is 13.0. The van der Waals surface area contributed by atoms with Crippen molar-refractivity contribution < 1.29 is 13.2 Å². The van der Waals surface area contributed by atoms with Crippen molar-refractivity contribution in [1.29, 1.82) is 0 Å². The maximum absolute atomic E-state index is 13.0.